The number of phenolic OH excluding ortho intramolecular Hbond substituents is 1. The van der Waals surface area contributed by atoms with E-state index in [0.29, 0.717) is 6.41 Å². The largest absolute Gasteiger partial charge is 0.508 e. The van der Waals surface area contributed by atoms with Gasteiger partial charge < -0.3 is 10.4 Å². The molecule has 16 heavy (non-hydrogen) atoms. The Hall–Kier alpha value is -2.36. The van der Waals surface area contributed by atoms with Gasteiger partial charge in [-0.05, 0) is 35.7 Å². The number of rotatable bonds is 3. The number of phenols is 1. The Morgan fingerprint density at radius 3 is 3.00 bits per heavy atom. The first-order chi connectivity index (χ1) is 7.81. The van der Waals surface area contributed by atoms with Crippen LogP contribution in [0.2, 0.25) is 0 Å². The standard InChI is InChI=1S/C12H10N2O2/c15-8-13-5-4-12-11-2-1-10(16)7-9(11)3-6-14-12/h1-8,16H,(H,13,15)/b5-4+. The summed E-state index contributed by atoms with van der Waals surface area (Å²) in [5, 5.41) is 13.6. The van der Waals surface area contributed by atoms with Gasteiger partial charge in [-0.3, -0.25) is 9.78 Å². The molecular formula is C12H10N2O2. The van der Waals surface area contributed by atoms with Crippen LogP contribution in [0.4, 0.5) is 0 Å². The van der Waals surface area contributed by atoms with Crippen molar-refractivity contribution in [3.63, 3.8) is 0 Å². The highest BCUT2D eigenvalue weighted by atomic mass is 16.3. The lowest BCUT2D eigenvalue weighted by atomic mass is 10.1. The minimum Gasteiger partial charge on any atom is -0.508 e. The number of fused-ring (bicyclic) bond motifs is 1. The Morgan fingerprint density at radius 2 is 2.19 bits per heavy atom. The minimum atomic E-state index is 0.222. The van der Waals surface area contributed by atoms with Crippen LogP contribution in [0.1, 0.15) is 5.69 Å². The Labute approximate surface area is 92.2 Å². The zero-order valence-corrected chi connectivity index (χ0v) is 8.42. The summed E-state index contributed by atoms with van der Waals surface area (Å²) < 4.78 is 0. The van der Waals surface area contributed by atoms with E-state index in [4.69, 9.17) is 0 Å². The van der Waals surface area contributed by atoms with Gasteiger partial charge in [-0.25, -0.2) is 0 Å². The summed E-state index contributed by atoms with van der Waals surface area (Å²) >= 11 is 0. The van der Waals surface area contributed by atoms with E-state index in [1.54, 1.807) is 30.5 Å². The molecule has 1 amide bonds. The Morgan fingerprint density at radius 1 is 1.31 bits per heavy atom. The summed E-state index contributed by atoms with van der Waals surface area (Å²) in [6.45, 7) is 0. The van der Waals surface area contributed by atoms with Gasteiger partial charge in [-0.1, -0.05) is 0 Å². The van der Waals surface area contributed by atoms with Crippen LogP contribution in [-0.4, -0.2) is 16.5 Å². The number of nitrogens with zero attached hydrogens (tertiary/aromatic N) is 1. The van der Waals surface area contributed by atoms with E-state index in [1.165, 1.54) is 6.20 Å². The maximum atomic E-state index is 10.1. The second kappa shape index (κ2) is 4.44. The monoisotopic (exact) mass is 214 g/mol. The SMILES string of the molecule is O=CN/C=C/c1nccc2cc(O)ccc12. The van der Waals surface area contributed by atoms with Crippen molar-refractivity contribution in [2.75, 3.05) is 0 Å². The number of pyridine rings is 1. The average Bonchev–Trinajstić information content (AvgIpc) is 2.29. The summed E-state index contributed by atoms with van der Waals surface area (Å²) in [4.78, 5) is 14.3. The topological polar surface area (TPSA) is 62.2 Å². The molecule has 0 unspecified atom stereocenters. The number of carbonyl (C=O) groups is 1. The van der Waals surface area contributed by atoms with Crippen LogP contribution in [0.5, 0.6) is 5.75 Å². The number of aromatic hydroxyl groups is 1. The molecule has 2 N–H and O–H groups in total. The van der Waals surface area contributed by atoms with Gasteiger partial charge in [0.05, 0.1) is 5.69 Å². The zero-order chi connectivity index (χ0) is 11.4. The molecule has 1 aromatic heterocycles. The Bertz CT molecular complexity index is 550. The van der Waals surface area contributed by atoms with Gasteiger partial charge >= 0.3 is 0 Å². The van der Waals surface area contributed by atoms with Crippen molar-refractivity contribution in [3.05, 3.63) is 42.4 Å². The summed E-state index contributed by atoms with van der Waals surface area (Å²) in [6, 6.07) is 6.88. The van der Waals surface area contributed by atoms with E-state index in [-0.39, 0.29) is 5.75 Å². The van der Waals surface area contributed by atoms with Crippen LogP contribution < -0.4 is 5.32 Å². The molecule has 0 spiro atoms. The van der Waals surface area contributed by atoms with Gasteiger partial charge in [0, 0.05) is 17.8 Å². The van der Waals surface area contributed by atoms with E-state index < -0.39 is 0 Å². The molecule has 0 atom stereocenters. The Balaban J connectivity index is 2.49. The Kier molecular flexibility index (Phi) is 2.82. The lowest BCUT2D eigenvalue weighted by Crippen LogP contribution is -1.98. The summed E-state index contributed by atoms with van der Waals surface area (Å²) in [7, 11) is 0. The van der Waals surface area contributed by atoms with Gasteiger partial charge in [0.1, 0.15) is 5.75 Å². The lowest BCUT2D eigenvalue weighted by Gasteiger charge is -2.01. The molecule has 0 saturated carbocycles. The molecular weight excluding hydrogens is 204 g/mol. The van der Waals surface area contributed by atoms with E-state index >= 15 is 0 Å². The summed E-state index contributed by atoms with van der Waals surface area (Å²) in [5.74, 6) is 0.222. The van der Waals surface area contributed by atoms with E-state index in [9.17, 15) is 9.90 Å². The van der Waals surface area contributed by atoms with Crippen LogP contribution in [0.3, 0.4) is 0 Å². The van der Waals surface area contributed by atoms with Crippen molar-refractivity contribution in [2.45, 2.75) is 0 Å². The van der Waals surface area contributed by atoms with Crippen molar-refractivity contribution < 1.29 is 9.90 Å². The lowest BCUT2D eigenvalue weighted by molar-refractivity contribution is -0.108. The van der Waals surface area contributed by atoms with Crippen molar-refractivity contribution >= 4 is 23.3 Å². The number of carbonyl (C=O) groups excluding carboxylic acids is 1. The number of benzene rings is 1. The molecule has 0 aliphatic rings. The second-order valence-electron chi connectivity index (χ2n) is 3.22. The predicted molar refractivity (Wildman–Crippen MR) is 61.6 cm³/mol. The molecule has 0 aliphatic carbocycles. The van der Waals surface area contributed by atoms with Gasteiger partial charge in [0.25, 0.3) is 0 Å². The van der Waals surface area contributed by atoms with E-state index in [2.05, 4.69) is 10.3 Å². The molecule has 1 heterocycles. The van der Waals surface area contributed by atoms with Crippen molar-refractivity contribution in [3.8, 4) is 5.75 Å². The molecule has 1 aromatic carbocycles. The summed E-state index contributed by atoms with van der Waals surface area (Å²) in [5.41, 5.74) is 0.742. The fourth-order valence-electron chi connectivity index (χ4n) is 1.49. The maximum absolute atomic E-state index is 10.1. The molecule has 0 saturated heterocycles. The molecule has 0 fully saturated rings. The normalized spacial score (nSPS) is 10.8. The van der Waals surface area contributed by atoms with E-state index in [1.807, 2.05) is 6.07 Å². The predicted octanol–water partition coefficient (Wildman–Crippen LogP) is 1.66. The second-order valence-corrected chi connectivity index (χ2v) is 3.22. The molecule has 2 rings (SSSR count). The molecule has 0 aliphatic heterocycles. The fourth-order valence-corrected chi connectivity index (χ4v) is 1.49. The smallest absolute Gasteiger partial charge is 0.211 e. The van der Waals surface area contributed by atoms with Gasteiger partial charge in [-0.15, -0.1) is 0 Å². The fraction of sp³-hybridized carbons (Fsp3) is 0. The maximum Gasteiger partial charge on any atom is 0.211 e. The molecule has 4 heteroatoms. The highest BCUT2D eigenvalue weighted by Crippen LogP contribution is 2.22. The van der Waals surface area contributed by atoms with Crippen LogP contribution in [-0.2, 0) is 4.79 Å². The van der Waals surface area contributed by atoms with Crippen LogP contribution in [0, 0.1) is 0 Å². The number of amides is 1. The summed E-state index contributed by atoms with van der Waals surface area (Å²) in [6.07, 6.45) is 5.46. The molecule has 4 nitrogen and oxygen atoms in total. The quantitative estimate of drug-likeness (QED) is 0.764. The molecule has 2 aromatic rings. The van der Waals surface area contributed by atoms with Crippen LogP contribution in [0.25, 0.3) is 16.8 Å². The third-order valence-electron chi connectivity index (χ3n) is 2.18. The first kappa shape index (κ1) is 10.2. The zero-order valence-electron chi connectivity index (χ0n) is 8.42. The van der Waals surface area contributed by atoms with E-state index in [0.717, 1.165) is 16.5 Å². The van der Waals surface area contributed by atoms with Gasteiger partial charge in [-0.2, -0.15) is 0 Å². The molecule has 0 bridgehead atoms. The number of nitrogens with one attached hydrogen (secondary N) is 1. The third-order valence-corrected chi connectivity index (χ3v) is 2.18. The number of hydrogen-bond acceptors (Lipinski definition) is 3. The van der Waals surface area contributed by atoms with Gasteiger partial charge in [0.15, 0.2) is 0 Å². The van der Waals surface area contributed by atoms with Crippen LogP contribution in [0.15, 0.2) is 36.7 Å². The number of hydrogen-bond donors (Lipinski definition) is 2. The highest BCUT2D eigenvalue weighted by Gasteiger charge is 1.99. The highest BCUT2D eigenvalue weighted by molar-refractivity contribution is 5.89. The van der Waals surface area contributed by atoms with Crippen LogP contribution >= 0.6 is 0 Å². The number of aromatic nitrogens is 1. The van der Waals surface area contributed by atoms with Crippen molar-refractivity contribution in [2.24, 2.45) is 0 Å². The first-order valence-corrected chi connectivity index (χ1v) is 4.75. The average molecular weight is 214 g/mol. The van der Waals surface area contributed by atoms with Crippen molar-refractivity contribution in [1.29, 1.82) is 0 Å². The molecule has 80 valence electrons. The van der Waals surface area contributed by atoms with Gasteiger partial charge in [0.2, 0.25) is 6.41 Å². The third kappa shape index (κ3) is 2.00. The van der Waals surface area contributed by atoms with Crippen molar-refractivity contribution in [1.82, 2.24) is 10.3 Å². The first-order valence-electron chi connectivity index (χ1n) is 4.75. The minimum absolute atomic E-state index is 0.222. The molecule has 0 radical (unpaired) electrons.